The third-order valence-electron chi connectivity index (χ3n) is 3.15. The van der Waals surface area contributed by atoms with Gasteiger partial charge in [-0.25, -0.2) is 9.18 Å². The zero-order valence-corrected chi connectivity index (χ0v) is 13.0. The number of aliphatic hydroxyl groups is 1. The van der Waals surface area contributed by atoms with Crippen LogP contribution in [0.1, 0.15) is 31.2 Å². The Bertz CT molecular complexity index is 542. The van der Waals surface area contributed by atoms with Crippen LogP contribution in [0.5, 0.6) is 0 Å². The number of aliphatic hydroxyl groups excluding tert-OH is 1. The Labute approximate surface area is 137 Å². The SMILES string of the molecule is O=C(NCCCCC/C=C(\F)CO)Nc1ccc(C(F)(F)F)cc1. The van der Waals surface area contributed by atoms with Crippen LogP contribution in [0.2, 0.25) is 0 Å². The Morgan fingerprint density at radius 3 is 2.38 bits per heavy atom. The van der Waals surface area contributed by atoms with E-state index in [1.807, 2.05) is 0 Å². The fourth-order valence-electron chi connectivity index (χ4n) is 1.89. The predicted molar refractivity (Wildman–Crippen MR) is 83.2 cm³/mol. The second-order valence-corrected chi connectivity index (χ2v) is 5.11. The van der Waals surface area contributed by atoms with Crippen molar-refractivity contribution in [3.63, 3.8) is 0 Å². The Balaban J connectivity index is 2.20. The van der Waals surface area contributed by atoms with Crippen LogP contribution in [0.3, 0.4) is 0 Å². The summed E-state index contributed by atoms with van der Waals surface area (Å²) in [6.07, 6.45) is -0.370. The minimum atomic E-state index is -4.41. The van der Waals surface area contributed by atoms with E-state index in [2.05, 4.69) is 10.6 Å². The lowest BCUT2D eigenvalue weighted by atomic mass is 10.2. The molecule has 3 N–H and O–H groups in total. The monoisotopic (exact) mass is 348 g/mol. The summed E-state index contributed by atoms with van der Waals surface area (Å²) in [5.41, 5.74) is -0.509. The van der Waals surface area contributed by atoms with Crippen molar-refractivity contribution < 1.29 is 27.5 Å². The normalized spacial score (nSPS) is 12.1. The van der Waals surface area contributed by atoms with Crippen LogP contribution in [0.25, 0.3) is 0 Å². The van der Waals surface area contributed by atoms with Crippen molar-refractivity contribution >= 4 is 11.7 Å². The Kier molecular flexibility index (Phi) is 8.25. The summed E-state index contributed by atoms with van der Waals surface area (Å²) in [6, 6.07) is 3.67. The van der Waals surface area contributed by atoms with E-state index in [9.17, 15) is 22.4 Å². The summed E-state index contributed by atoms with van der Waals surface area (Å²) in [5.74, 6) is -0.552. The summed E-state index contributed by atoms with van der Waals surface area (Å²) in [5, 5.41) is 13.5. The molecule has 0 radical (unpaired) electrons. The van der Waals surface area contributed by atoms with Gasteiger partial charge in [-0.15, -0.1) is 0 Å². The topological polar surface area (TPSA) is 61.4 Å². The number of halogens is 4. The van der Waals surface area contributed by atoms with E-state index in [0.717, 1.165) is 25.0 Å². The molecular formula is C16H20F4N2O2. The van der Waals surface area contributed by atoms with Crippen LogP contribution in [-0.2, 0) is 6.18 Å². The van der Waals surface area contributed by atoms with Crippen molar-refractivity contribution in [2.75, 3.05) is 18.5 Å². The number of hydrogen-bond acceptors (Lipinski definition) is 2. The second-order valence-electron chi connectivity index (χ2n) is 5.11. The molecule has 0 unspecified atom stereocenters. The highest BCUT2D eigenvalue weighted by molar-refractivity contribution is 5.89. The lowest BCUT2D eigenvalue weighted by Gasteiger charge is -2.09. The third-order valence-corrected chi connectivity index (χ3v) is 3.15. The highest BCUT2D eigenvalue weighted by atomic mass is 19.4. The third kappa shape index (κ3) is 7.96. The van der Waals surface area contributed by atoms with Gasteiger partial charge >= 0.3 is 12.2 Å². The molecule has 8 heteroatoms. The molecule has 0 fully saturated rings. The number of unbranched alkanes of at least 4 members (excludes halogenated alkanes) is 3. The summed E-state index contributed by atoms with van der Waals surface area (Å²) >= 11 is 0. The fourth-order valence-corrected chi connectivity index (χ4v) is 1.89. The van der Waals surface area contributed by atoms with Crippen molar-refractivity contribution in [2.45, 2.75) is 31.9 Å². The minimum absolute atomic E-state index is 0.269. The van der Waals surface area contributed by atoms with Gasteiger partial charge in [-0.3, -0.25) is 0 Å². The van der Waals surface area contributed by atoms with Crippen molar-refractivity contribution in [2.24, 2.45) is 0 Å². The molecule has 0 aliphatic carbocycles. The molecule has 0 aliphatic rings. The Hall–Kier alpha value is -2.09. The molecular weight excluding hydrogens is 328 g/mol. The van der Waals surface area contributed by atoms with E-state index in [1.165, 1.54) is 18.2 Å². The first kappa shape index (κ1) is 20.0. The molecule has 0 saturated heterocycles. The molecule has 0 atom stereocenters. The maximum Gasteiger partial charge on any atom is 0.416 e. The zero-order chi connectivity index (χ0) is 18.0. The molecule has 0 aromatic heterocycles. The number of carbonyl (C=O) groups is 1. The van der Waals surface area contributed by atoms with Gasteiger partial charge in [-0.05, 0) is 43.5 Å². The number of carbonyl (C=O) groups excluding carboxylic acids is 1. The van der Waals surface area contributed by atoms with Crippen LogP contribution in [0.15, 0.2) is 36.2 Å². The average molecular weight is 348 g/mol. The van der Waals surface area contributed by atoms with Gasteiger partial charge in [0.2, 0.25) is 0 Å². The molecule has 2 amide bonds. The number of amides is 2. The standard InChI is InChI=1S/C16H20F4N2O2/c17-13(11-23)5-3-1-2-4-10-21-15(24)22-14-8-6-12(7-9-14)16(18,19)20/h5-9,23H,1-4,10-11H2,(H2,21,22,24)/b13-5-. The number of hydrogen-bond donors (Lipinski definition) is 3. The number of rotatable bonds is 8. The van der Waals surface area contributed by atoms with E-state index in [1.54, 1.807) is 0 Å². The largest absolute Gasteiger partial charge is 0.416 e. The van der Waals surface area contributed by atoms with Crippen LogP contribution < -0.4 is 10.6 Å². The predicted octanol–water partition coefficient (Wildman–Crippen LogP) is 4.23. The number of allylic oxidation sites excluding steroid dienone is 1. The molecule has 24 heavy (non-hydrogen) atoms. The van der Waals surface area contributed by atoms with Crippen LogP contribution in [0, 0.1) is 0 Å². The summed E-state index contributed by atoms with van der Waals surface area (Å²) in [4.78, 5) is 11.6. The van der Waals surface area contributed by atoms with Gasteiger partial charge in [0.1, 0.15) is 5.83 Å². The molecule has 134 valence electrons. The van der Waals surface area contributed by atoms with Crippen molar-refractivity contribution in [3.8, 4) is 0 Å². The molecule has 1 rings (SSSR count). The smallest absolute Gasteiger partial charge is 0.389 e. The summed E-state index contributed by atoms with van der Waals surface area (Å²) < 4.78 is 49.8. The van der Waals surface area contributed by atoms with Gasteiger partial charge in [-0.1, -0.05) is 12.5 Å². The molecule has 0 saturated carbocycles. The Morgan fingerprint density at radius 1 is 1.12 bits per heavy atom. The van der Waals surface area contributed by atoms with E-state index in [0.29, 0.717) is 19.4 Å². The quantitative estimate of drug-likeness (QED) is 0.486. The summed E-state index contributed by atoms with van der Waals surface area (Å²) in [6.45, 7) is -0.190. The number of alkyl halides is 3. The molecule has 0 aliphatic heterocycles. The average Bonchev–Trinajstić information content (AvgIpc) is 2.53. The fraction of sp³-hybridized carbons (Fsp3) is 0.438. The first-order valence-corrected chi connectivity index (χ1v) is 7.50. The molecule has 1 aromatic rings. The molecule has 0 spiro atoms. The van der Waals surface area contributed by atoms with E-state index >= 15 is 0 Å². The van der Waals surface area contributed by atoms with Gasteiger partial charge in [0.15, 0.2) is 0 Å². The number of anilines is 1. The zero-order valence-electron chi connectivity index (χ0n) is 13.0. The first-order chi connectivity index (χ1) is 11.3. The van der Waals surface area contributed by atoms with Crippen molar-refractivity contribution in [1.82, 2.24) is 5.32 Å². The highest BCUT2D eigenvalue weighted by Gasteiger charge is 2.29. The Morgan fingerprint density at radius 2 is 1.79 bits per heavy atom. The number of urea groups is 1. The van der Waals surface area contributed by atoms with E-state index in [-0.39, 0.29) is 5.69 Å². The first-order valence-electron chi connectivity index (χ1n) is 7.50. The van der Waals surface area contributed by atoms with E-state index in [4.69, 9.17) is 5.11 Å². The molecule has 0 heterocycles. The second kappa shape index (κ2) is 9.92. The maximum absolute atomic E-state index is 12.6. The van der Waals surface area contributed by atoms with Crippen molar-refractivity contribution in [3.05, 3.63) is 41.7 Å². The van der Waals surface area contributed by atoms with Crippen LogP contribution in [-0.4, -0.2) is 24.3 Å². The van der Waals surface area contributed by atoms with Crippen molar-refractivity contribution in [1.29, 1.82) is 0 Å². The van der Waals surface area contributed by atoms with Gasteiger partial charge in [-0.2, -0.15) is 13.2 Å². The summed E-state index contributed by atoms with van der Waals surface area (Å²) in [7, 11) is 0. The van der Waals surface area contributed by atoms with Crippen LogP contribution >= 0.6 is 0 Å². The molecule has 1 aromatic carbocycles. The van der Waals surface area contributed by atoms with Crippen LogP contribution in [0.4, 0.5) is 28.0 Å². The lowest BCUT2D eigenvalue weighted by Crippen LogP contribution is -2.29. The van der Waals surface area contributed by atoms with Gasteiger partial charge in [0.05, 0.1) is 12.2 Å². The van der Waals surface area contributed by atoms with E-state index < -0.39 is 30.2 Å². The van der Waals surface area contributed by atoms with Gasteiger partial charge in [0, 0.05) is 12.2 Å². The highest BCUT2D eigenvalue weighted by Crippen LogP contribution is 2.29. The number of benzene rings is 1. The van der Waals surface area contributed by atoms with Gasteiger partial charge < -0.3 is 15.7 Å². The molecule has 0 bridgehead atoms. The van der Waals surface area contributed by atoms with Gasteiger partial charge in [0.25, 0.3) is 0 Å². The maximum atomic E-state index is 12.6. The minimum Gasteiger partial charge on any atom is -0.389 e. The molecule has 4 nitrogen and oxygen atoms in total. The lowest BCUT2D eigenvalue weighted by molar-refractivity contribution is -0.137. The number of nitrogens with one attached hydrogen (secondary N) is 2.